The molecular formula is C14H23N3O3S. The molecule has 1 aromatic heterocycles. The molecule has 2 heterocycles. The van der Waals surface area contributed by atoms with Crippen LogP contribution in [0.3, 0.4) is 0 Å². The summed E-state index contributed by atoms with van der Waals surface area (Å²) in [5.74, 6) is -0.548. The molecular weight excluding hydrogens is 290 g/mol. The first-order chi connectivity index (χ1) is 10.0. The van der Waals surface area contributed by atoms with Gasteiger partial charge < -0.3 is 4.90 Å². The number of carbonyl (C=O) groups is 1. The lowest BCUT2D eigenvalue weighted by Gasteiger charge is -2.35. The number of amides is 1. The van der Waals surface area contributed by atoms with Crippen molar-refractivity contribution >= 4 is 15.7 Å². The fourth-order valence-corrected chi connectivity index (χ4v) is 4.11. The number of hydrogen-bond acceptors (Lipinski definition) is 4. The minimum absolute atomic E-state index is 0.0444. The second kappa shape index (κ2) is 7.06. The van der Waals surface area contributed by atoms with Crippen LogP contribution in [-0.4, -0.2) is 53.1 Å². The van der Waals surface area contributed by atoms with E-state index in [1.54, 1.807) is 15.8 Å². The van der Waals surface area contributed by atoms with Crippen LogP contribution in [-0.2, 0) is 21.2 Å². The molecule has 1 amide bonds. The number of piperidine rings is 1. The number of nitrogens with zero attached hydrogens (tertiary/aromatic N) is 3. The van der Waals surface area contributed by atoms with Crippen molar-refractivity contribution in [2.45, 2.75) is 45.2 Å². The Labute approximate surface area is 126 Å². The van der Waals surface area contributed by atoms with E-state index >= 15 is 0 Å². The average Bonchev–Trinajstić information content (AvgIpc) is 2.91. The summed E-state index contributed by atoms with van der Waals surface area (Å²) < 4.78 is 25.5. The maximum Gasteiger partial charge on any atom is 0.238 e. The summed E-state index contributed by atoms with van der Waals surface area (Å²) in [6, 6.07) is 1.89. The van der Waals surface area contributed by atoms with Crippen molar-refractivity contribution in [3.05, 3.63) is 18.5 Å². The first kappa shape index (κ1) is 16.0. The molecule has 1 aliphatic heterocycles. The number of hydrogen-bond donors (Lipinski definition) is 0. The van der Waals surface area contributed by atoms with E-state index in [2.05, 4.69) is 5.10 Å². The predicted molar refractivity (Wildman–Crippen MR) is 80.5 cm³/mol. The molecule has 0 N–H and O–H groups in total. The molecule has 0 aliphatic carbocycles. The summed E-state index contributed by atoms with van der Waals surface area (Å²) >= 11 is 0. The summed E-state index contributed by atoms with van der Waals surface area (Å²) in [6.45, 7) is 3.09. The molecule has 118 valence electrons. The molecule has 6 nitrogen and oxygen atoms in total. The van der Waals surface area contributed by atoms with E-state index in [0.29, 0.717) is 19.5 Å². The first-order valence-corrected chi connectivity index (χ1v) is 9.31. The third kappa shape index (κ3) is 4.56. The lowest BCUT2D eigenvalue weighted by Crippen LogP contribution is -2.48. The van der Waals surface area contributed by atoms with Gasteiger partial charge in [0.25, 0.3) is 0 Å². The van der Waals surface area contributed by atoms with Gasteiger partial charge in [0, 0.05) is 18.9 Å². The van der Waals surface area contributed by atoms with Crippen molar-refractivity contribution in [2.75, 3.05) is 18.1 Å². The normalized spacial score (nSPS) is 19.7. The molecule has 7 heteroatoms. The Balaban J connectivity index is 2.02. The largest absolute Gasteiger partial charge is 0.337 e. The van der Waals surface area contributed by atoms with Gasteiger partial charge in [-0.2, -0.15) is 5.10 Å². The van der Waals surface area contributed by atoms with Crippen LogP contribution in [0.5, 0.6) is 0 Å². The monoisotopic (exact) mass is 313 g/mol. The molecule has 1 aliphatic rings. The van der Waals surface area contributed by atoms with E-state index in [9.17, 15) is 13.2 Å². The topological polar surface area (TPSA) is 72.3 Å². The summed E-state index contributed by atoms with van der Waals surface area (Å²) in [6.07, 6.45) is 7.03. The highest BCUT2D eigenvalue weighted by molar-refractivity contribution is 7.92. The van der Waals surface area contributed by atoms with E-state index < -0.39 is 9.84 Å². The van der Waals surface area contributed by atoms with Gasteiger partial charge in [-0.1, -0.05) is 6.92 Å². The maximum atomic E-state index is 12.3. The van der Waals surface area contributed by atoms with Crippen LogP contribution < -0.4 is 0 Å². The second-order valence-corrected chi connectivity index (χ2v) is 7.74. The van der Waals surface area contributed by atoms with Gasteiger partial charge in [0.05, 0.1) is 18.3 Å². The van der Waals surface area contributed by atoms with Crippen molar-refractivity contribution in [1.29, 1.82) is 0 Å². The van der Waals surface area contributed by atoms with Crippen LogP contribution in [0.25, 0.3) is 0 Å². The fraction of sp³-hybridized carbons (Fsp3) is 0.714. The third-order valence-corrected chi connectivity index (χ3v) is 5.48. The third-order valence-electron chi connectivity index (χ3n) is 3.76. The van der Waals surface area contributed by atoms with Crippen molar-refractivity contribution in [3.8, 4) is 0 Å². The number of sulfone groups is 1. The Morgan fingerprint density at radius 2 is 2.19 bits per heavy atom. The molecule has 21 heavy (non-hydrogen) atoms. The molecule has 0 aromatic carbocycles. The second-order valence-electron chi connectivity index (χ2n) is 5.56. The fourth-order valence-electron chi connectivity index (χ4n) is 2.80. The Morgan fingerprint density at radius 3 is 2.86 bits per heavy atom. The summed E-state index contributed by atoms with van der Waals surface area (Å²) in [4.78, 5) is 14.1. The van der Waals surface area contributed by atoms with Crippen molar-refractivity contribution < 1.29 is 13.2 Å². The zero-order valence-corrected chi connectivity index (χ0v) is 13.3. The van der Waals surface area contributed by atoms with Crippen LogP contribution in [0.2, 0.25) is 0 Å². The molecule has 0 saturated carbocycles. The first-order valence-electron chi connectivity index (χ1n) is 7.49. The predicted octanol–water partition coefficient (Wildman–Crippen LogP) is 1.09. The Bertz CT molecular complexity index is 554. The highest BCUT2D eigenvalue weighted by Crippen LogP contribution is 2.19. The van der Waals surface area contributed by atoms with Crippen LogP contribution in [0.1, 0.15) is 32.6 Å². The zero-order valence-electron chi connectivity index (χ0n) is 12.4. The molecule has 1 atom stereocenters. The van der Waals surface area contributed by atoms with Crippen LogP contribution in [0.4, 0.5) is 0 Å². The van der Waals surface area contributed by atoms with E-state index in [1.165, 1.54) is 0 Å². The van der Waals surface area contributed by atoms with Crippen LogP contribution in [0, 0.1) is 0 Å². The van der Waals surface area contributed by atoms with Gasteiger partial charge in [-0.3, -0.25) is 9.48 Å². The molecule has 0 spiro atoms. The lowest BCUT2D eigenvalue weighted by molar-refractivity contribution is -0.132. The summed E-state index contributed by atoms with van der Waals surface area (Å²) in [5.41, 5.74) is 0. The quantitative estimate of drug-likeness (QED) is 0.788. The van der Waals surface area contributed by atoms with Gasteiger partial charge in [0.1, 0.15) is 5.75 Å². The van der Waals surface area contributed by atoms with E-state index in [-0.39, 0.29) is 23.5 Å². The van der Waals surface area contributed by atoms with Crippen molar-refractivity contribution in [2.24, 2.45) is 0 Å². The lowest BCUT2D eigenvalue weighted by atomic mass is 10.0. The van der Waals surface area contributed by atoms with Gasteiger partial charge in [-0.25, -0.2) is 8.42 Å². The molecule has 0 radical (unpaired) electrons. The molecule has 1 aromatic rings. The highest BCUT2D eigenvalue weighted by atomic mass is 32.2. The van der Waals surface area contributed by atoms with Gasteiger partial charge in [-0.05, 0) is 31.7 Å². The van der Waals surface area contributed by atoms with Crippen molar-refractivity contribution in [1.82, 2.24) is 14.7 Å². The number of carbonyl (C=O) groups excluding carboxylic acids is 1. The van der Waals surface area contributed by atoms with E-state index in [1.807, 2.05) is 19.2 Å². The minimum Gasteiger partial charge on any atom is -0.337 e. The smallest absolute Gasteiger partial charge is 0.238 e. The molecule has 1 unspecified atom stereocenters. The zero-order chi connectivity index (χ0) is 15.3. The number of likely N-dealkylation sites (tertiary alicyclic amines) is 1. The van der Waals surface area contributed by atoms with Gasteiger partial charge in [0.2, 0.25) is 5.91 Å². The Morgan fingerprint density at radius 1 is 1.38 bits per heavy atom. The van der Waals surface area contributed by atoms with Crippen LogP contribution >= 0.6 is 0 Å². The number of aromatic nitrogens is 2. The summed E-state index contributed by atoms with van der Waals surface area (Å²) in [5, 5.41) is 4.17. The van der Waals surface area contributed by atoms with Crippen molar-refractivity contribution in [3.63, 3.8) is 0 Å². The number of rotatable bonds is 6. The Hall–Kier alpha value is -1.37. The van der Waals surface area contributed by atoms with E-state index in [0.717, 1.165) is 19.3 Å². The van der Waals surface area contributed by atoms with Gasteiger partial charge in [0.15, 0.2) is 9.84 Å². The Kier molecular flexibility index (Phi) is 5.39. The van der Waals surface area contributed by atoms with E-state index in [4.69, 9.17) is 0 Å². The molecule has 1 fully saturated rings. The SMILES string of the molecule is CCCS(=O)(=O)CC(=O)N1CCCCC1Cn1cccn1. The molecule has 2 rings (SSSR count). The molecule has 1 saturated heterocycles. The van der Waals surface area contributed by atoms with Gasteiger partial charge in [-0.15, -0.1) is 0 Å². The standard InChI is InChI=1S/C14H23N3O3S/c1-2-10-21(19,20)12-14(18)17-9-4-3-6-13(17)11-16-8-5-7-15-16/h5,7-8,13H,2-4,6,9-12H2,1H3. The minimum atomic E-state index is -3.28. The van der Waals surface area contributed by atoms with Crippen LogP contribution in [0.15, 0.2) is 18.5 Å². The maximum absolute atomic E-state index is 12.3. The van der Waals surface area contributed by atoms with Gasteiger partial charge >= 0.3 is 0 Å². The summed E-state index contributed by atoms with van der Waals surface area (Å²) in [7, 11) is -3.28. The highest BCUT2D eigenvalue weighted by Gasteiger charge is 2.29. The molecule has 0 bridgehead atoms. The average molecular weight is 313 g/mol.